The van der Waals surface area contributed by atoms with Crippen molar-refractivity contribution in [1.29, 1.82) is 0 Å². The topological polar surface area (TPSA) is 85.8 Å². The highest BCUT2D eigenvalue weighted by atomic mass is 16.5. The van der Waals surface area contributed by atoms with Gasteiger partial charge in [-0.1, -0.05) is 5.16 Å². The van der Waals surface area contributed by atoms with Crippen LogP contribution in [0.3, 0.4) is 0 Å². The van der Waals surface area contributed by atoms with Gasteiger partial charge < -0.3 is 9.84 Å². The molecule has 2 heterocycles. The summed E-state index contributed by atoms with van der Waals surface area (Å²) in [6, 6.07) is -0.275. The van der Waals surface area contributed by atoms with E-state index in [-0.39, 0.29) is 11.9 Å². The molecule has 2 aromatic rings. The fourth-order valence-corrected chi connectivity index (χ4v) is 1.72. The van der Waals surface area contributed by atoms with Gasteiger partial charge in [-0.2, -0.15) is 10.1 Å². The zero-order valence-electron chi connectivity index (χ0n) is 11.3. The first kappa shape index (κ1) is 13.3. The van der Waals surface area contributed by atoms with Crippen molar-refractivity contribution in [2.24, 2.45) is 7.05 Å². The van der Waals surface area contributed by atoms with Gasteiger partial charge in [0, 0.05) is 19.7 Å². The lowest BCUT2D eigenvalue weighted by Crippen LogP contribution is -2.27. The normalized spacial score (nSPS) is 12.4. The minimum atomic E-state index is -0.275. The second kappa shape index (κ2) is 5.64. The third-order valence-electron chi connectivity index (χ3n) is 2.69. The summed E-state index contributed by atoms with van der Waals surface area (Å²) >= 11 is 0. The number of carbonyl (C=O) groups is 1. The van der Waals surface area contributed by atoms with Crippen LogP contribution in [0.4, 0.5) is 0 Å². The number of hydrogen-bond donors (Lipinski definition) is 1. The molecule has 0 unspecified atom stereocenters. The monoisotopic (exact) mass is 263 g/mol. The lowest BCUT2D eigenvalue weighted by atomic mass is 10.2. The molecule has 2 rings (SSSR count). The van der Waals surface area contributed by atoms with Crippen LogP contribution in [0.1, 0.15) is 36.7 Å². The summed E-state index contributed by atoms with van der Waals surface area (Å²) in [7, 11) is 1.85. The van der Waals surface area contributed by atoms with E-state index in [0.717, 1.165) is 5.56 Å². The molecule has 0 saturated carbocycles. The van der Waals surface area contributed by atoms with Crippen molar-refractivity contribution in [3.05, 3.63) is 29.7 Å². The van der Waals surface area contributed by atoms with E-state index in [1.54, 1.807) is 17.8 Å². The summed E-state index contributed by atoms with van der Waals surface area (Å²) in [6.45, 7) is 3.55. The molecule has 0 aromatic carbocycles. The lowest BCUT2D eigenvalue weighted by Gasteiger charge is -2.08. The molecule has 0 aliphatic heterocycles. The molecule has 7 nitrogen and oxygen atoms in total. The molecule has 0 fully saturated rings. The summed E-state index contributed by atoms with van der Waals surface area (Å²) in [5, 5.41) is 10.6. The van der Waals surface area contributed by atoms with Crippen molar-refractivity contribution < 1.29 is 9.32 Å². The van der Waals surface area contributed by atoms with Crippen molar-refractivity contribution in [2.75, 3.05) is 0 Å². The molecule has 0 aliphatic rings. The first-order valence-corrected chi connectivity index (χ1v) is 6.11. The van der Waals surface area contributed by atoms with Gasteiger partial charge in [0.15, 0.2) is 5.82 Å². The summed E-state index contributed by atoms with van der Waals surface area (Å²) in [5.41, 5.74) is 1.04. The van der Waals surface area contributed by atoms with Crippen molar-refractivity contribution in [3.8, 4) is 0 Å². The molecule has 19 heavy (non-hydrogen) atoms. The number of amides is 1. The first-order valence-electron chi connectivity index (χ1n) is 6.11. The second-order valence-corrected chi connectivity index (χ2v) is 4.49. The minimum Gasteiger partial charge on any atom is -0.345 e. The van der Waals surface area contributed by atoms with Gasteiger partial charge in [0.2, 0.25) is 11.8 Å². The molecule has 0 bridgehead atoms. The van der Waals surface area contributed by atoms with Gasteiger partial charge in [-0.3, -0.25) is 9.48 Å². The molecular weight excluding hydrogens is 246 g/mol. The molecule has 1 amide bonds. The zero-order valence-corrected chi connectivity index (χ0v) is 11.3. The Bertz CT molecular complexity index is 560. The van der Waals surface area contributed by atoms with Gasteiger partial charge >= 0.3 is 0 Å². The zero-order chi connectivity index (χ0) is 13.8. The van der Waals surface area contributed by atoms with Crippen LogP contribution in [-0.4, -0.2) is 25.8 Å². The quantitative estimate of drug-likeness (QED) is 0.867. The molecular formula is C12H17N5O2. The molecule has 0 spiro atoms. The Morgan fingerprint density at radius 2 is 2.37 bits per heavy atom. The molecule has 102 valence electrons. The molecule has 0 saturated heterocycles. The Kier molecular flexibility index (Phi) is 3.94. The van der Waals surface area contributed by atoms with E-state index in [1.807, 2.05) is 20.2 Å². The predicted octanol–water partition coefficient (Wildman–Crippen LogP) is 0.922. The minimum absolute atomic E-state index is 0.0489. The van der Waals surface area contributed by atoms with E-state index >= 15 is 0 Å². The largest absolute Gasteiger partial charge is 0.345 e. The maximum absolute atomic E-state index is 11.8. The van der Waals surface area contributed by atoms with Crippen LogP contribution in [0.15, 0.2) is 16.9 Å². The van der Waals surface area contributed by atoms with Crippen LogP contribution in [0, 0.1) is 6.92 Å². The average Bonchev–Trinajstić information content (AvgIpc) is 2.95. The maximum Gasteiger partial charge on any atom is 0.248 e. The van der Waals surface area contributed by atoms with Crippen LogP contribution in [0.5, 0.6) is 0 Å². The maximum atomic E-state index is 11.8. The van der Waals surface area contributed by atoms with Gasteiger partial charge in [0.25, 0.3) is 0 Å². The van der Waals surface area contributed by atoms with E-state index in [4.69, 9.17) is 4.52 Å². The highest BCUT2D eigenvalue weighted by Gasteiger charge is 2.15. The molecule has 0 aliphatic carbocycles. The fourth-order valence-electron chi connectivity index (χ4n) is 1.72. The van der Waals surface area contributed by atoms with E-state index < -0.39 is 0 Å². The Morgan fingerprint density at radius 3 is 2.95 bits per heavy atom. The number of nitrogens with one attached hydrogen (secondary N) is 1. The van der Waals surface area contributed by atoms with E-state index in [2.05, 4.69) is 20.6 Å². The van der Waals surface area contributed by atoms with Crippen LogP contribution in [-0.2, 0) is 18.3 Å². The number of carbonyl (C=O) groups excluding carboxylic acids is 1. The van der Waals surface area contributed by atoms with Gasteiger partial charge in [0.1, 0.15) is 6.04 Å². The standard InChI is InChI=1S/C12H17N5O2/c1-8(12-15-9(2)16-19-12)14-11(18)5-4-10-6-13-17(3)7-10/h6-8H,4-5H2,1-3H3,(H,14,18)/t8-/m0/s1. The predicted molar refractivity (Wildman–Crippen MR) is 67.1 cm³/mol. The third-order valence-corrected chi connectivity index (χ3v) is 2.69. The van der Waals surface area contributed by atoms with Crippen LogP contribution < -0.4 is 5.32 Å². The Hall–Kier alpha value is -2.18. The smallest absolute Gasteiger partial charge is 0.248 e. The summed E-state index contributed by atoms with van der Waals surface area (Å²) < 4.78 is 6.72. The first-order chi connectivity index (χ1) is 9.04. The van der Waals surface area contributed by atoms with E-state index in [9.17, 15) is 4.79 Å². The average molecular weight is 263 g/mol. The van der Waals surface area contributed by atoms with Crippen molar-refractivity contribution in [3.63, 3.8) is 0 Å². The Balaban J connectivity index is 1.81. The van der Waals surface area contributed by atoms with Crippen molar-refractivity contribution in [1.82, 2.24) is 25.2 Å². The molecule has 1 atom stereocenters. The SMILES string of the molecule is Cc1noc([C@H](C)NC(=O)CCc2cnn(C)c2)n1. The van der Waals surface area contributed by atoms with E-state index in [1.165, 1.54) is 0 Å². The molecule has 0 radical (unpaired) electrons. The molecule has 2 aromatic heterocycles. The number of aromatic nitrogens is 4. The number of rotatable bonds is 5. The highest BCUT2D eigenvalue weighted by molar-refractivity contribution is 5.76. The molecule has 1 N–H and O–H groups in total. The fraction of sp³-hybridized carbons (Fsp3) is 0.500. The van der Waals surface area contributed by atoms with Gasteiger partial charge in [-0.15, -0.1) is 0 Å². The lowest BCUT2D eigenvalue weighted by molar-refractivity contribution is -0.121. The van der Waals surface area contributed by atoms with Crippen molar-refractivity contribution >= 4 is 5.91 Å². The van der Waals surface area contributed by atoms with Crippen LogP contribution >= 0.6 is 0 Å². The number of nitrogens with zero attached hydrogens (tertiary/aromatic N) is 4. The Morgan fingerprint density at radius 1 is 1.58 bits per heavy atom. The van der Waals surface area contributed by atoms with Gasteiger partial charge in [0.05, 0.1) is 6.20 Å². The second-order valence-electron chi connectivity index (χ2n) is 4.49. The number of hydrogen-bond acceptors (Lipinski definition) is 5. The summed E-state index contributed by atoms with van der Waals surface area (Å²) in [6.07, 6.45) is 4.73. The van der Waals surface area contributed by atoms with Crippen LogP contribution in [0.25, 0.3) is 0 Å². The third kappa shape index (κ3) is 3.64. The Labute approximate surface area is 111 Å². The highest BCUT2D eigenvalue weighted by Crippen LogP contribution is 2.09. The van der Waals surface area contributed by atoms with Crippen LogP contribution in [0.2, 0.25) is 0 Å². The summed E-state index contributed by atoms with van der Waals surface area (Å²) in [5.74, 6) is 0.936. The summed E-state index contributed by atoms with van der Waals surface area (Å²) in [4.78, 5) is 15.9. The molecule has 7 heteroatoms. The van der Waals surface area contributed by atoms with Gasteiger partial charge in [-0.05, 0) is 25.8 Å². The van der Waals surface area contributed by atoms with Gasteiger partial charge in [-0.25, -0.2) is 0 Å². The number of aryl methyl sites for hydroxylation is 3. The van der Waals surface area contributed by atoms with E-state index in [0.29, 0.717) is 24.6 Å². The van der Waals surface area contributed by atoms with Crippen molar-refractivity contribution in [2.45, 2.75) is 32.7 Å².